The van der Waals surface area contributed by atoms with Crippen LogP contribution in [0.5, 0.6) is 23.0 Å². The van der Waals surface area contributed by atoms with Crippen molar-refractivity contribution in [3.05, 3.63) is 324 Å². The van der Waals surface area contributed by atoms with Crippen molar-refractivity contribution in [1.29, 1.82) is 0 Å². The molecule has 4 aliphatic heterocycles. The van der Waals surface area contributed by atoms with Gasteiger partial charge in [0.05, 0.1) is 44.5 Å². The van der Waals surface area contributed by atoms with Crippen LogP contribution in [0.3, 0.4) is 0 Å². The molecule has 34 heteroatoms. The number of aromatic hydroxyl groups is 4. The molecule has 11 heterocycles. The molecular formula is C89H66F4N16O12S2. The predicted octanol–water partition coefficient (Wildman–Crippen LogP) is 14.1. The number of fused-ring (bicyclic) bond motifs is 8. The summed E-state index contributed by atoms with van der Waals surface area (Å²) in [6, 6.07) is 42.1. The first kappa shape index (κ1) is 81.2. The van der Waals surface area contributed by atoms with Gasteiger partial charge in [-0.2, -0.15) is 0 Å². The number of benzene rings is 8. The highest BCUT2D eigenvalue weighted by Crippen LogP contribution is 2.46. The van der Waals surface area contributed by atoms with Crippen LogP contribution in [0.25, 0.3) is 43.6 Å². The summed E-state index contributed by atoms with van der Waals surface area (Å²) in [6.45, 7) is 1.42. The maximum atomic E-state index is 13.6. The molecule has 0 unspecified atom stereocenters. The summed E-state index contributed by atoms with van der Waals surface area (Å²) in [5, 5.41) is 60.6. The fourth-order valence-electron chi connectivity index (χ4n) is 15.3. The minimum Gasteiger partial charge on any atom is -0.505 e. The number of anilines is 3. The number of carbonyl (C=O) groups excluding carboxylic acids is 8. The Bertz CT molecular complexity index is 6560. The fraction of sp³-hybridized carbons (Fsp3) is 0.124. The van der Waals surface area contributed by atoms with Gasteiger partial charge in [0.2, 0.25) is 5.13 Å². The predicted molar refractivity (Wildman–Crippen MR) is 446 cm³/mol. The first-order chi connectivity index (χ1) is 59.4. The summed E-state index contributed by atoms with van der Waals surface area (Å²) in [5.74, 6) is -5.11. The standard InChI is InChI=1S/C25H19FN4O3.C22H15FN4O3S.C21H14FN5O3S.C21H18FN3O3/c1-29(19-6-2-3-11-27-19)24(32)20-17-5-4-12-28-22(17)23(31)21-18(20)14-30(25(21)33)13-15-7-9-16(26)10-8-15;23-13-5-3-12(4-6-13)10-27-11-15-16(20(29)26-22-25-8-9-31-22)14-2-1-7-24-18(14)19(28)17(15)21(27)30;22-12-5-3-11(4-6-12)8-27-9-14-15(19(29)25-21-26-24-10-31-21)13-2-1-7-23-17(13)18(28)16(14)20(27)30;1-24(2)20(27)16-14-4-3-9-23-18(14)19(26)17-15(16)11-25(21(17)28)10-12-5-7-13(22)8-6-12/h2-12,31H,13-14H2,1H3;1-9,28H,10-11H2,(H,25,26,29);1-7,10,28H,8-9H2,(H,25,26,29);3-9,26H,10-11H2,1-2H3. The van der Waals surface area contributed by atoms with Crippen molar-refractivity contribution in [2.45, 2.75) is 52.4 Å². The Balaban J connectivity index is 0.000000122. The molecule has 123 heavy (non-hydrogen) atoms. The Morgan fingerprint density at radius 2 is 0.707 bits per heavy atom. The maximum absolute atomic E-state index is 13.6. The number of carbonyl (C=O) groups is 8. The lowest BCUT2D eigenvalue weighted by molar-refractivity contribution is 0.0756. The van der Waals surface area contributed by atoms with Gasteiger partial charge in [0.1, 0.15) is 56.7 Å². The zero-order valence-electron chi connectivity index (χ0n) is 65.0. The number of pyridine rings is 5. The number of amides is 8. The molecule has 0 saturated carbocycles. The molecule has 19 rings (SSSR count). The molecule has 0 fully saturated rings. The van der Waals surface area contributed by atoms with Gasteiger partial charge in [0, 0.05) is 160 Å². The number of hydrogen-bond acceptors (Lipinski definition) is 22. The van der Waals surface area contributed by atoms with Crippen molar-refractivity contribution in [2.24, 2.45) is 0 Å². The van der Waals surface area contributed by atoms with Crippen LogP contribution in [0.4, 0.5) is 33.6 Å². The lowest BCUT2D eigenvalue weighted by atomic mass is 9.95. The molecule has 0 aliphatic carbocycles. The van der Waals surface area contributed by atoms with Crippen LogP contribution in [0.1, 0.15) is 127 Å². The monoisotopic (exact) mass is 1690 g/mol. The van der Waals surface area contributed by atoms with Crippen LogP contribution in [-0.2, 0) is 52.4 Å². The zero-order chi connectivity index (χ0) is 86.2. The second kappa shape index (κ2) is 34.0. The quantitative estimate of drug-likeness (QED) is 0.0519. The van der Waals surface area contributed by atoms with E-state index >= 15 is 0 Å². The second-order valence-electron chi connectivity index (χ2n) is 28.8. The van der Waals surface area contributed by atoms with Gasteiger partial charge < -0.3 is 44.9 Å². The summed E-state index contributed by atoms with van der Waals surface area (Å²) in [6.07, 6.45) is 9.15. The van der Waals surface area contributed by atoms with Gasteiger partial charge in [-0.25, -0.2) is 27.5 Å². The Kier molecular flexibility index (Phi) is 22.5. The van der Waals surface area contributed by atoms with Crippen LogP contribution >= 0.6 is 22.7 Å². The smallest absolute Gasteiger partial charge is 0.260 e. The highest BCUT2D eigenvalue weighted by atomic mass is 32.1. The number of halogens is 4. The molecule has 0 atom stereocenters. The van der Waals surface area contributed by atoms with E-state index in [0.29, 0.717) is 71.0 Å². The van der Waals surface area contributed by atoms with E-state index < -0.39 is 29.5 Å². The lowest BCUT2D eigenvalue weighted by Gasteiger charge is -2.20. The molecule has 15 aromatic rings. The third-order valence-corrected chi connectivity index (χ3v) is 22.2. The maximum Gasteiger partial charge on any atom is 0.260 e. The number of thiazole rings is 1. The Hall–Kier alpha value is -15.6. The van der Waals surface area contributed by atoms with E-state index in [1.165, 1.54) is 120 Å². The summed E-state index contributed by atoms with van der Waals surface area (Å²) in [4.78, 5) is 139. The van der Waals surface area contributed by atoms with E-state index in [4.69, 9.17) is 0 Å². The average molecular weight is 1690 g/mol. The molecule has 7 aromatic heterocycles. The van der Waals surface area contributed by atoms with Crippen LogP contribution in [0.2, 0.25) is 0 Å². The zero-order valence-corrected chi connectivity index (χ0v) is 66.6. The van der Waals surface area contributed by atoms with Crippen LogP contribution < -0.4 is 15.5 Å². The number of nitrogens with one attached hydrogen (secondary N) is 2. The minimum atomic E-state index is -0.470. The van der Waals surface area contributed by atoms with Crippen LogP contribution in [-0.4, -0.2) is 153 Å². The van der Waals surface area contributed by atoms with Gasteiger partial charge in [-0.1, -0.05) is 90.2 Å². The highest BCUT2D eigenvalue weighted by Gasteiger charge is 2.42. The molecule has 6 N–H and O–H groups in total. The molecule has 8 amide bonds. The second-order valence-corrected chi connectivity index (χ2v) is 30.5. The van der Waals surface area contributed by atoms with Gasteiger partial charge in [-0.3, -0.25) is 73.8 Å². The summed E-state index contributed by atoms with van der Waals surface area (Å²) in [5.41, 5.74) is 8.47. The van der Waals surface area contributed by atoms with E-state index in [1.54, 1.807) is 154 Å². The minimum absolute atomic E-state index is 0.0516. The topological polar surface area (TPSA) is 364 Å². The van der Waals surface area contributed by atoms with Gasteiger partial charge >= 0.3 is 0 Å². The number of nitrogens with zero attached hydrogens (tertiary/aromatic N) is 14. The highest BCUT2D eigenvalue weighted by molar-refractivity contribution is 7.14. The number of phenols is 4. The molecule has 0 saturated heterocycles. The Morgan fingerprint density at radius 3 is 1.02 bits per heavy atom. The molecule has 8 aromatic carbocycles. The van der Waals surface area contributed by atoms with Crippen molar-refractivity contribution in [1.82, 2.24) is 64.6 Å². The van der Waals surface area contributed by atoms with Crippen molar-refractivity contribution >= 4 is 130 Å². The van der Waals surface area contributed by atoms with Gasteiger partial charge in [-0.05, 0) is 107 Å². The third-order valence-electron chi connectivity index (χ3n) is 20.9. The normalized spacial score (nSPS) is 12.9. The van der Waals surface area contributed by atoms with E-state index in [0.717, 1.165) is 33.6 Å². The van der Waals surface area contributed by atoms with Crippen molar-refractivity contribution in [3.63, 3.8) is 0 Å². The molecule has 28 nitrogen and oxygen atoms in total. The van der Waals surface area contributed by atoms with Crippen LogP contribution in [0, 0.1) is 23.3 Å². The summed E-state index contributed by atoms with van der Waals surface area (Å²) in [7, 11) is 4.88. The van der Waals surface area contributed by atoms with Crippen molar-refractivity contribution in [3.8, 4) is 23.0 Å². The molecule has 614 valence electrons. The average Bonchev–Trinajstić information content (AvgIpc) is 1.64. The molecule has 4 aliphatic rings. The van der Waals surface area contributed by atoms with Crippen molar-refractivity contribution < 1.29 is 76.3 Å². The molecule has 0 spiro atoms. The van der Waals surface area contributed by atoms with E-state index in [-0.39, 0.29) is 172 Å². The number of phenolic OH excluding ortho intramolecular Hbond substituents is 4. The summed E-state index contributed by atoms with van der Waals surface area (Å²) < 4.78 is 52.9. The first-order valence-corrected chi connectivity index (χ1v) is 39.5. The Labute approximate surface area is 702 Å². The molecule has 0 bridgehead atoms. The SMILES string of the molecule is CN(C(=O)c1c2c(c(O)c3ncccc13)C(=O)N(Cc1ccc(F)cc1)C2)c1ccccn1.CN(C)C(=O)c1c2c(c(O)c3ncccc13)C(=O)N(Cc1ccc(F)cc1)C2.O=C(Nc1nccs1)c1c2c(c(O)c3ncccc13)C(=O)N(Cc1ccc(F)cc1)C2.O=C(Nc1nncs1)c1c2c(c(O)c3ncccc13)C(=O)N(Cc1ccc(F)cc1)C2. The largest absolute Gasteiger partial charge is 0.505 e. The first-order valence-electron chi connectivity index (χ1n) is 37.7. The van der Waals surface area contributed by atoms with Crippen molar-refractivity contribution in [2.75, 3.05) is 36.7 Å². The van der Waals surface area contributed by atoms with Gasteiger partial charge in [0.15, 0.2) is 28.1 Å². The molecule has 0 radical (unpaired) electrons. The number of rotatable bonds is 15. The third kappa shape index (κ3) is 15.9. The van der Waals surface area contributed by atoms with E-state index in [9.17, 15) is 76.3 Å². The Morgan fingerprint density at radius 1 is 0.382 bits per heavy atom. The lowest BCUT2D eigenvalue weighted by Crippen LogP contribution is -2.28. The molecular weight excluding hydrogens is 1630 g/mol. The summed E-state index contributed by atoms with van der Waals surface area (Å²) >= 11 is 2.44. The van der Waals surface area contributed by atoms with E-state index in [2.05, 4.69) is 50.7 Å². The number of hydrogen-bond donors (Lipinski definition) is 6. The fourth-order valence-corrected chi connectivity index (χ4v) is 16.2. The number of aromatic nitrogens is 8. The van der Waals surface area contributed by atoms with Crippen LogP contribution in [0.15, 0.2) is 212 Å². The van der Waals surface area contributed by atoms with Gasteiger partial charge in [0.25, 0.3) is 47.3 Å². The van der Waals surface area contributed by atoms with Gasteiger partial charge in [-0.15, -0.1) is 21.5 Å². The van der Waals surface area contributed by atoms with E-state index in [1.807, 2.05) is 0 Å².